The fraction of sp³-hybridized carbons (Fsp3) is 0.300. The standard InChI is InChI=1S/C20H22O3/c1-12(2)16-9-10-17(18(11-16)13(3)4)19(21)14-5-7-15(8-6-14)20(22)23/h5-13H,1-4H3,(H,22,23). The van der Waals surface area contributed by atoms with Gasteiger partial charge in [-0.1, -0.05) is 58.0 Å². The summed E-state index contributed by atoms with van der Waals surface area (Å²) in [5, 5.41) is 8.95. The van der Waals surface area contributed by atoms with E-state index >= 15 is 0 Å². The number of hydrogen-bond donors (Lipinski definition) is 1. The van der Waals surface area contributed by atoms with Crippen LogP contribution < -0.4 is 0 Å². The van der Waals surface area contributed by atoms with Crippen molar-refractivity contribution in [1.82, 2.24) is 0 Å². The minimum atomic E-state index is -0.992. The zero-order valence-electron chi connectivity index (χ0n) is 14.0. The molecule has 2 rings (SSSR count). The first-order chi connectivity index (χ1) is 10.8. The second-order valence-corrected chi connectivity index (χ2v) is 6.37. The number of ketones is 1. The summed E-state index contributed by atoms with van der Waals surface area (Å²) in [6, 6.07) is 12.1. The number of benzene rings is 2. The van der Waals surface area contributed by atoms with Crippen molar-refractivity contribution in [3.63, 3.8) is 0 Å². The molecule has 0 aliphatic heterocycles. The van der Waals surface area contributed by atoms with Crippen molar-refractivity contribution in [2.24, 2.45) is 0 Å². The number of hydrogen-bond acceptors (Lipinski definition) is 2. The summed E-state index contributed by atoms with van der Waals surface area (Å²) >= 11 is 0. The van der Waals surface area contributed by atoms with Gasteiger partial charge in [-0.25, -0.2) is 4.79 Å². The van der Waals surface area contributed by atoms with Crippen molar-refractivity contribution >= 4 is 11.8 Å². The number of aromatic carboxylic acids is 1. The van der Waals surface area contributed by atoms with Crippen LogP contribution >= 0.6 is 0 Å². The molecule has 2 aromatic carbocycles. The van der Waals surface area contributed by atoms with Crippen LogP contribution in [0.1, 0.15) is 76.9 Å². The molecule has 0 atom stereocenters. The van der Waals surface area contributed by atoms with Crippen LogP contribution in [-0.4, -0.2) is 16.9 Å². The largest absolute Gasteiger partial charge is 0.478 e. The molecule has 0 fully saturated rings. The Kier molecular flexibility index (Phi) is 4.99. The zero-order valence-corrected chi connectivity index (χ0v) is 14.0. The second kappa shape index (κ2) is 6.78. The van der Waals surface area contributed by atoms with Crippen LogP contribution in [0.4, 0.5) is 0 Å². The monoisotopic (exact) mass is 310 g/mol. The predicted octanol–water partition coefficient (Wildman–Crippen LogP) is 4.86. The summed E-state index contributed by atoms with van der Waals surface area (Å²) in [5.41, 5.74) is 3.62. The van der Waals surface area contributed by atoms with E-state index in [1.807, 2.05) is 12.1 Å². The van der Waals surface area contributed by atoms with Gasteiger partial charge in [0.05, 0.1) is 5.56 Å². The normalized spacial score (nSPS) is 11.0. The summed E-state index contributed by atoms with van der Waals surface area (Å²) in [5.74, 6) is -0.411. The number of carbonyl (C=O) groups excluding carboxylic acids is 1. The van der Waals surface area contributed by atoms with Crippen LogP contribution in [0.2, 0.25) is 0 Å². The Labute approximate surface area is 137 Å². The summed E-state index contributed by atoms with van der Waals surface area (Å²) in [7, 11) is 0. The smallest absolute Gasteiger partial charge is 0.335 e. The van der Waals surface area contributed by atoms with Crippen molar-refractivity contribution in [3.8, 4) is 0 Å². The molecular formula is C20H22O3. The van der Waals surface area contributed by atoms with Crippen molar-refractivity contribution in [2.75, 3.05) is 0 Å². The van der Waals surface area contributed by atoms with E-state index in [1.165, 1.54) is 17.7 Å². The van der Waals surface area contributed by atoms with Gasteiger partial charge in [0.25, 0.3) is 0 Å². The van der Waals surface area contributed by atoms with E-state index in [2.05, 4.69) is 33.8 Å². The van der Waals surface area contributed by atoms with Gasteiger partial charge < -0.3 is 5.11 Å². The first-order valence-electron chi connectivity index (χ1n) is 7.83. The molecule has 0 unspecified atom stereocenters. The molecule has 3 heteroatoms. The number of carboxylic acids is 1. The van der Waals surface area contributed by atoms with E-state index in [4.69, 9.17) is 5.11 Å². The van der Waals surface area contributed by atoms with Crippen LogP contribution in [0.15, 0.2) is 42.5 Å². The van der Waals surface area contributed by atoms with Gasteiger partial charge in [0, 0.05) is 11.1 Å². The minimum absolute atomic E-state index is 0.0686. The van der Waals surface area contributed by atoms with Crippen LogP contribution in [-0.2, 0) is 0 Å². The number of rotatable bonds is 5. The maximum Gasteiger partial charge on any atom is 0.335 e. The van der Waals surface area contributed by atoms with E-state index < -0.39 is 5.97 Å². The molecule has 1 N–H and O–H groups in total. The van der Waals surface area contributed by atoms with Crippen LogP contribution in [0.25, 0.3) is 0 Å². The Bertz CT molecular complexity index is 725. The maximum absolute atomic E-state index is 12.8. The maximum atomic E-state index is 12.8. The Morgan fingerprint density at radius 1 is 0.826 bits per heavy atom. The molecule has 2 aromatic rings. The SMILES string of the molecule is CC(C)c1ccc(C(=O)c2ccc(C(=O)O)cc2)c(C(C)C)c1. The second-order valence-electron chi connectivity index (χ2n) is 6.37. The lowest BCUT2D eigenvalue weighted by Gasteiger charge is -2.16. The van der Waals surface area contributed by atoms with Crippen LogP contribution in [0, 0.1) is 0 Å². The van der Waals surface area contributed by atoms with Gasteiger partial charge >= 0.3 is 5.97 Å². The van der Waals surface area contributed by atoms with Crippen molar-refractivity contribution in [2.45, 2.75) is 39.5 Å². The van der Waals surface area contributed by atoms with Gasteiger partial charge in [-0.2, -0.15) is 0 Å². The highest BCUT2D eigenvalue weighted by Crippen LogP contribution is 2.26. The molecule has 0 heterocycles. The van der Waals surface area contributed by atoms with Crippen LogP contribution in [0.5, 0.6) is 0 Å². The molecule has 0 aliphatic carbocycles. The van der Waals surface area contributed by atoms with Crippen molar-refractivity contribution < 1.29 is 14.7 Å². The Hall–Kier alpha value is -2.42. The quantitative estimate of drug-likeness (QED) is 0.802. The molecule has 3 nitrogen and oxygen atoms in total. The first kappa shape index (κ1) is 16.9. The first-order valence-corrected chi connectivity index (χ1v) is 7.83. The molecule has 0 saturated carbocycles. The summed E-state index contributed by atoms with van der Waals surface area (Å²) in [6.07, 6.45) is 0. The molecule has 0 radical (unpaired) electrons. The molecule has 0 saturated heterocycles. The summed E-state index contributed by atoms with van der Waals surface area (Å²) in [6.45, 7) is 8.41. The molecule has 0 aliphatic rings. The average molecular weight is 310 g/mol. The highest BCUT2D eigenvalue weighted by Gasteiger charge is 2.17. The topological polar surface area (TPSA) is 54.4 Å². The predicted molar refractivity (Wildman–Crippen MR) is 91.5 cm³/mol. The highest BCUT2D eigenvalue weighted by molar-refractivity contribution is 6.10. The highest BCUT2D eigenvalue weighted by atomic mass is 16.4. The lowest BCUT2D eigenvalue weighted by atomic mass is 9.88. The van der Waals surface area contributed by atoms with Gasteiger partial charge in [0.15, 0.2) is 5.78 Å². The summed E-state index contributed by atoms with van der Waals surface area (Å²) in [4.78, 5) is 23.7. The van der Waals surface area contributed by atoms with E-state index in [0.29, 0.717) is 17.0 Å². The van der Waals surface area contributed by atoms with Crippen molar-refractivity contribution in [3.05, 3.63) is 70.3 Å². The average Bonchev–Trinajstić information content (AvgIpc) is 2.53. The van der Waals surface area contributed by atoms with Gasteiger partial charge in [-0.15, -0.1) is 0 Å². The Balaban J connectivity index is 2.44. The third-order valence-electron chi connectivity index (χ3n) is 4.00. The third-order valence-corrected chi connectivity index (χ3v) is 4.00. The van der Waals surface area contributed by atoms with E-state index in [-0.39, 0.29) is 17.3 Å². The third kappa shape index (κ3) is 3.67. The number of carbonyl (C=O) groups is 2. The Morgan fingerprint density at radius 2 is 1.39 bits per heavy atom. The molecule has 0 aromatic heterocycles. The molecule has 120 valence electrons. The Morgan fingerprint density at radius 3 is 1.87 bits per heavy atom. The molecule has 23 heavy (non-hydrogen) atoms. The van der Waals surface area contributed by atoms with E-state index in [1.54, 1.807) is 12.1 Å². The molecule has 0 spiro atoms. The molecular weight excluding hydrogens is 288 g/mol. The van der Waals surface area contributed by atoms with Crippen molar-refractivity contribution in [1.29, 1.82) is 0 Å². The lowest BCUT2D eigenvalue weighted by Crippen LogP contribution is -2.08. The number of carboxylic acid groups (broad SMARTS) is 1. The fourth-order valence-corrected chi connectivity index (χ4v) is 2.54. The van der Waals surface area contributed by atoms with Gasteiger partial charge in [-0.3, -0.25) is 4.79 Å². The van der Waals surface area contributed by atoms with Gasteiger partial charge in [-0.05, 0) is 35.1 Å². The zero-order chi connectivity index (χ0) is 17.1. The fourth-order valence-electron chi connectivity index (χ4n) is 2.54. The van der Waals surface area contributed by atoms with Crippen LogP contribution in [0.3, 0.4) is 0 Å². The van der Waals surface area contributed by atoms with E-state index in [0.717, 1.165) is 5.56 Å². The van der Waals surface area contributed by atoms with Gasteiger partial charge in [0.1, 0.15) is 0 Å². The minimum Gasteiger partial charge on any atom is -0.478 e. The van der Waals surface area contributed by atoms with Gasteiger partial charge in [0.2, 0.25) is 0 Å². The molecule has 0 bridgehead atoms. The summed E-state index contributed by atoms with van der Waals surface area (Å²) < 4.78 is 0. The van der Waals surface area contributed by atoms with E-state index in [9.17, 15) is 9.59 Å². The lowest BCUT2D eigenvalue weighted by molar-refractivity contribution is 0.0696. The molecule has 0 amide bonds.